The molecule has 0 aliphatic rings. The molecule has 0 atom stereocenters. The Balaban J connectivity index is 1.81. The minimum atomic E-state index is -2.95. The molecule has 9 heteroatoms. The first kappa shape index (κ1) is 24.2. The van der Waals surface area contributed by atoms with Gasteiger partial charge in [-0.05, 0) is 49.1 Å². The van der Waals surface area contributed by atoms with Crippen LogP contribution in [0.15, 0.2) is 42.5 Å². The molecule has 0 fully saturated rings. The van der Waals surface area contributed by atoms with Crippen LogP contribution >= 0.6 is 0 Å². The molecule has 0 saturated heterocycles. The number of aryl methyl sites for hydroxylation is 1. The number of alkyl halides is 2. The fraction of sp³-hybridized carbons (Fsp3) is 0.375. The lowest BCUT2D eigenvalue weighted by Crippen LogP contribution is -2.27. The molecule has 1 heterocycles. The summed E-state index contributed by atoms with van der Waals surface area (Å²) in [6, 6.07) is 12.5. The normalized spacial score (nSPS) is 11.2. The lowest BCUT2D eigenvalue weighted by Gasteiger charge is -2.17. The lowest BCUT2D eigenvalue weighted by atomic mass is 10.0. The molecule has 0 saturated carbocycles. The number of aromatic nitrogens is 3. The molecular weight excluding hydrogens is 430 g/mol. The third kappa shape index (κ3) is 5.66. The van der Waals surface area contributed by atoms with Gasteiger partial charge in [-0.2, -0.15) is 8.78 Å². The number of halogens is 2. The van der Waals surface area contributed by atoms with E-state index in [0.717, 1.165) is 11.3 Å². The summed E-state index contributed by atoms with van der Waals surface area (Å²) in [6.45, 7) is 5.29. The average molecular weight is 459 g/mol. The highest BCUT2D eigenvalue weighted by atomic mass is 19.3. The van der Waals surface area contributed by atoms with Gasteiger partial charge in [0.25, 0.3) is 5.91 Å². The van der Waals surface area contributed by atoms with E-state index in [1.54, 1.807) is 37.7 Å². The number of para-hydroxylation sites is 1. The zero-order valence-electron chi connectivity index (χ0n) is 19.4. The van der Waals surface area contributed by atoms with Gasteiger partial charge in [0.1, 0.15) is 5.82 Å². The molecular formula is C24H28F2N4O3. The van der Waals surface area contributed by atoms with Crippen molar-refractivity contribution in [1.29, 1.82) is 0 Å². The van der Waals surface area contributed by atoms with Gasteiger partial charge >= 0.3 is 6.61 Å². The van der Waals surface area contributed by atoms with Crippen LogP contribution in [0.25, 0.3) is 5.69 Å². The van der Waals surface area contributed by atoms with Crippen molar-refractivity contribution in [3.63, 3.8) is 0 Å². The molecule has 0 spiro atoms. The van der Waals surface area contributed by atoms with Crippen molar-refractivity contribution in [1.82, 2.24) is 19.7 Å². The largest absolute Gasteiger partial charge is 0.490 e. The maximum atomic E-state index is 13.0. The van der Waals surface area contributed by atoms with Crippen molar-refractivity contribution < 1.29 is 23.0 Å². The van der Waals surface area contributed by atoms with Gasteiger partial charge in [-0.25, -0.2) is 9.67 Å². The van der Waals surface area contributed by atoms with E-state index < -0.39 is 6.61 Å². The third-order valence-electron chi connectivity index (χ3n) is 5.04. The number of benzene rings is 2. The van der Waals surface area contributed by atoms with Gasteiger partial charge in [-0.1, -0.05) is 38.1 Å². The Labute approximate surface area is 192 Å². The summed E-state index contributed by atoms with van der Waals surface area (Å²) in [5.41, 5.74) is 2.68. The number of rotatable bonds is 9. The maximum absolute atomic E-state index is 13.0. The second kappa shape index (κ2) is 10.4. The number of carbonyl (C=O) groups excluding carboxylic acids is 1. The van der Waals surface area contributed by atoms with Crippen molar-refractivity contribution >= 4 is 5.91 Å². The summed E-state index contributed by atoms with van der Waals surface area (Å²) in [4.78, 5) is 18.9. The molecule has 1 amide bonds. The van der Waals surface area contributed by atoms with Gasteiger partial charge in [0.05, 0.1) is 12.3 Å². The summed E-state index contributed by atoms with van der Waals surface area (Å²) < 4.78 is 36.8. The quantitative estimate of drug-likeness (QED) is 0.453. The molecule has 7 nitrogen and oxygen atoms in total. The van der Waals surface area contributed by atoms with Crippen molar-refractivity contribution in [3.05, 3.63) is 65.2 Å². The van der Waals surface area contributed by atoms with Gasteiger partial charge < -0.3 is 14.4 Å². The first-order chi connectivity index (χ1) is 15.7. The average Bonchev–Trinajstić information content (AvgIpc) is 3.16. The number of hydrogen-bond acceptors (Lipinski definition) is 5. The number of nitrogens with zero attached hydrogens (tertiary/aromatic N) is 4. The summed E-state index contributed by atoms with van der Waals surface area (Å²) in [7, 11) is 1.63. The van der Waals surface area contributed by atoms with Crippen molar-refractivity contribution in [2.45, 2.75) is 46.8 Å². The van der Waals surface area contributed by atoms with Crippen LogP contribution in [-0.2, 0) is 6.54 Å². The topological polar surface area (TPSA) is 69.5 Å². The molecule has 33 heavy (non-hydrogen) atoms. The fourth-order valence-corrected chi connectivity index (χ4v) is 3.51. The van der Waals surface area contributed by atoms with Gasteiger partial charge in [0.15, 0.2) is 11.5 Å². The predicted molar refractivity (Wildman–Crippen MR) is 120 cm³/mol. The minimum Gasteiger partial charge on any atom is -0.490 e. The summed E-state index contributed by atoms with van der Waals surface area (Å²) in [5, 5.41) is 4.47. The van der Waals surface area contributed by atoms with E-state index in [-0.39, 0.29) is 42.3 Å². The molecule has 0 aliphatic heterocycles. The molecule has 0 radical (unpaired) electrons. The van der Waals surface area contributed by atoms with Gasteiger partial charge in [-0.3, -0.25) is 4.79 Å². The molecule has 0 unspecified atom stereocenters. The van der Waals surface area contributed by atoms with E-state index in [0.29, 0.717) is 11.4 Å². The highest BCUT2D eigenvalue weighted by Gasteiger charge is 2.21. The molecule has 3 aromatic rings. The summed E-state index contributed by atoms with van der Waals surface area (Å²) >= 11 is 0. The molecule has 0 bridgehead atoms. The number of ether oxygens (including phenoxy) is 2. The van der Waals surface area contributed by atoms with Crippen LogP contribution in [0.2, 0.25) is 0 Å². The van der Waals surface area contributed by atoms with Crippen LogP contribution in [0, 0.1) is 6.92 Å². The number of carbonyl (C=O) groups is 1. The SMILES string of the molecule is CCOc1cc(CN(C)C(=O)c2nc(C)n(-c3ccccc3C(C)C)n2)ccc1OC(F)F. The number of amides is 1. The Morgan fingerprint density at radius 3 is 2.55 bits per heavy atom. The highest BCUT2D eigenvalue weighted by molar-refractivity contribution is 5.90. The van der Waals surface area contributed by atoms with Crippen LogP contribution < -0.4 is 9.47 Å². The lowest BCUT2D eigenvalue weighted by molar-refractivity contribution is -0.0514. The van der Waals surface area contributed by atoms with Crippen LogP contribution in [0.3, 0.4) is 0 Å². The molecule has 1 aromatic heterocycles. The Hall–Kier alpha value is -3.49. The highest BCUT2D eigenvalue weighted by Crippen LogP contribution is 2.30. The Bertz CT molecular complexity index is 1110. The van der Waals surface area contributed by atoms with Gasteiger partial charge in [-0.15, -0.1) is 5.10 Å². The van der Waals surface area contributed by atoms with E-state index in [1.807, 2.05) is 24.3 Å². The zero-order chi connectivity index (χ0) is 24.1. The second-order valence-corrected chi connectivity index (χ2v) is 7.86. The maximum Gasteiger partial charge on any atom is 0.387 e. The molecule has 0 N–H and O–H groups in total. The molecule has 0 aliphatic carbocycles. The van der Waals surface area contributed by atoms with E-state index in [2.05, 4.69) is 28.7 Å². The second-order valence-electron chi connectivity index (χ2n) is 7.86. The fourth-order valence-electron chi connectivity index (χ4n) is 3.51. The third-order valence-corrected chi connectivity index (χ3v) is 5.04. The first-order valence-corrected chi connectivity index (χ1v) is 10.7. The molecule has 176 valence electrons. The van der Waals surface area contributed by atoms with Gasteiger partial charge in [0, 0.05) is 13.6 Å². The van der Waals surface area contributed by atoms with Crippen LogP contribution in [0.4, 0.5) is 8.78 Å². The van der Waals surface area contributed by atoms with Crippen LogP contribution in [0.5, 0.6) is 11.5 Å². The van der Waals surface area contributed by atoms with Crippen molar-refractivity contribution in [2.24, 2.45) is 0 Å². The monoisotopic (exact) mass is 458 g/mol. The number of hydrogen-bond donors (Lipinski definition) is 0. The van der Waals surface area contributed by atoms with Crippen molar-refractivity contribution in [3.8, 4) is 17.2 Å². The van der Waals surface area contributed by atoms with Crippen LogP contribution in [-0.4, -0.2) is 45.8 Å². The Morgan fingerprint density at radius 2 is 1.88 bits per heavy atom. The molecule has 2 aromatic carbocycles. The van der Waals surface area contributed by atoms with E-state index in [1.165, 1.54) is 11.0 Å². The van der Waals surface area contributed by atoms with Gasteiger partial charge in [0.2, 0.25) is 5.82 Å². The Morgan fingerprint density at radius 1 is 1.15 bits per heavy atom. The van der Waals surface area contributed by atoms with E-state index in [4.69, 9.17) is 4.74 Å². The summed E-state index contributed by atoms with van der Waals surface area (Å²) in [6.07, 6.45) is 0. The predicted octanol–water partition coefficient (Wildman–Crippen LogP) is 4.97. The minimum absolute atomic E-state index is 0.0515. The zero-order valence-corrected chi connectivity index (χ0v) is 19.4. The first-order valence-electron chi connectivity index (χ1n) is 10.7. The van der Waals surface area contributed by atoms with E-state index >= 15 is 0 Å². The molecule has 3 rings (SSSR count). The van der Waals surface area contributed by atoms with E-state index in [9.17, 15) is 13.6 Å². The Kier molecular flexibility index (Phi) is 7.63. The standard InChI is InChI=1S/C24H28F2N4O3/c1-6-32-21-13-17(11-12-20(21)33-24(25)26)14-29(5)23(31)22-27-16(4)30(28-22)19-10-8-7-9-18(19)15(2)3/h7-13,15,24H,6,14H2,1-5H3. The van der Waals surface area contributed by atoms with Crippen molar-refractivity contribution in [2.75, 3.05) is 13.7 Å². The smallest absolute Gasteiger partial charge is 0.387 e. The van der Waals surface area contributed by atoms with Crippen LogP contribution in [0.1, 0.15) is 54.3 Å². The summed E-state index contributed by atoms with van der Waals surface area (Å²) in [5.74, 6) is 0.750.